The summed E-state index contributed by atoms with van der Waals surface area (Å²) < 4.78 is 0. The molecule has 2 aliphatic heterocycles. The third-order valence-corrected chi connectivity index (χ3v) is 3.08. The van der Waals surface area contributed by atoms with Crippen molar-refractivity contribution >= 4 is 5.91 Å². The van der Waals surface area contributed by atoms with Crippen molar-refractivity contribution in [3.8, 4) is 0 Å². The van der Waals surface area contributed by atoms with Crippen LogP contribution in [0.4, 0.5) is 0 Å². The minimum absolute atomic E-state index is 0.114. The monoisotopic (exact) mass is 209 g/mol. The van der Waals surface area contributed by atoms with Gasteiger partial charge in [-0.3, -0.25) is 9.63 Å². The molecule has 0 spiro atoms. The van der Waals surface area contributed by atoms with E-state index in [0.717, 1.165) is 25.7 Å². The van der Waals surface area contributed by atoms with E-state index >= 15 is 0 Å². The van der Waals surface area contributed by atoms with E-state index in [4.69, 9.17) is 4.84 Å². The van der Waals surface area contributed by atoms with E-state index in [1.165, 1.54) is 6.42 Å². The van der Waals surface area contributed by atoms with Crippen LogP contribution in [0.5, 0.6) is 0 Å². The Hall–Kier alpha value is -0.830. The Kier molecular flexibility index (Phi) is 3.41. The number of hydroxylamine groups is 2. The van der Waals surface area contributed by atoms with Gasteiger partial charge in [0.1, 0.15) is 6.10 Å². The number of rotatable bonds is 3. The summed E-state index contributed by atoms with van der Waals surface area (Å²) in [6, 6.07) is 0.198. The molecule has 0 saturated carbocycles. The van der Waals surface area contributed by atoms with Crippen LogP contribution in [0.1, 0.15) is 45.4 Å². The molecule has 1 fully saturated rings. The molecule has 0 aromatic carbocycles. The van der Waals surface area contributed by atoms with E-state index in [2.05, 4.69) is 19.1 Å². The molecule has 2 heterocycles. The van der Waals surface area contributed by atoms with Gasteiger partial charge in [0.2, 0.25) is 5.91 Å². The maximum Gasteiger partial charge on any atom is 0.246 e. The van der Waals surface area contributed by atoms with Crippen LogP contribution in [0.3, 0.4) is 0 Å². The van der Waals surface area contributed by atoms with Crippen LogP contribution in [0.2, 0.25) is 0 Å². The maximum absolute atomic E-state index is 11.6. The van der Waals surface area contributed by atoms with Gasteiger partial charge < -0.3 is 0 Å². The Labute approximate surface area is 91.0 Å². The first-order valence-corrected chi connectivity index (χ1v) is 5.98. The van der Waals surface area contributed by atoms with Gasteiger partial charge in [0.25, 0.3) is 0 Å². The second kappa shape index (κ2) is 4.79. The van der Waals surface area contributed by atoms with E-state index in [-0.39, 0.29) is 18.1 Å². The summed E-state index contributed by atoms with van der Waals surface area (Å²) in [5.41, 5.74) is 0. The van der Waals surface area contributed by atoms with Gasteiger partial charge in [-0.25, -0.2) is 5.06 Å². The molecule has 1 amide bonds. The van der Waals surface area contributed by atoms with Gasteiger partial charge in [0.15, 0.2) is 0 Å². The number of carbonyl (C=O) groups is 1. The van der Waals surface area contributed by atoms with Crippen LogP contribution in [0.25, 0.3) is 0 Å². The Morgan fingerprint density at radius 3 is 3.20 bits per heavy atom. The molecule has 0 aromatic heterocycles. The molecule has 2 atom stereocenters. The van der Waals surface area contributed by atoms with Crippen LogP contribution in [-0.2, 0) is 9.63 Å². The molecule has 84 valence electrons. The summed E-state index contributed by atoms with van der Waals surface area (Å²) in [5.74, 6) is 0.150. The molecule has 1 saturated heterocycles. The zero-order valence-electron chi connectivity index (χ0n) is 9.32. The summed E-state index contributed by atoms with van der Waals surface area (Å²) in [6.07, 6.45) is 10.4. The average Bonchev–Trinajstić information content (AvgIpc) is 2.27. The van der Waals surface area contributed by atoms with Crippen LogP contribution in [0.15, 0.2) is 12.2 Å². The largest absolute Gasteiger partial charge is 0.273 e. The first kappa shape index (κ1) is 10.7. The predicted molar refractivity (Wildman–Crippen MR) is 58.0 cm³/mol. The van der Waals surface area contributed by atoms with Crippen molar-refractivity contribution in [2.24, 2.45) is 0 Å². The third-order valence-electron chi connectivity index (χ3n) is 3.08. The lowest BCUT2D eigenvalue weighted by molar-refractivity contribution is -0.220. The van der Waals surface area contributed by atoms with Crippen molar-refractivity contribution < 1.29 is 9.63 Å². The first-order chi connectivity index (χ1) is 7.31. The quantitative estimate of drug-likeness (QED) is 0.668. The molecule has 15 heavy (non-hydrogen) atoms. The number of unbranched alkanes of at least 4 members (excludes halogenated alkanes) is 1. The van der Waals surface area contributed by atoms with Crippen molar-refractivity contribution in [2.45, 2.75) is 57.6 Å². The zero-order chi connectivity index (χ0) is 10.7. The number of amides is 1. The Morgan fingerprint density at radius 1 is 1.53 bits per heavy atom. The lowest BCUT2D eigenvalue weighted by atomic mass is 10.0. The molecular weight excluding hydrogens is 190 g/mol. The van der Waals surface area contributed by atoms with Gasteiger partial charge in [-0.1, -0.05) is 31.9 Å². The van der Waals surface area contributed by atoms with E-state index in [9.17, 15) is 4.79 Å². The summed E-state index contributed by atoms with van der Waals surface area (Å²) in [5, 5.41) is 1.60. The van der Waals surface area contributed by atoms with Gasteiger partial charge in [0.05, 0.1) is 6.04 Å². The van der Waals surface area contributed by atoms with Crippen molar-refractivity contribution in [3.63, 3.8) is 0 Å². The Bertz CT molecular complexity index is 262. The van der Waals surface area contributed by atoms with Crippen LogP contribution in [-0.4, -0.2) is 23.1 Å². The minimum Gasteiger partial charge on any atom is -0.273 e. The van der Waals surface area contributed by atoms with E-state index in [1.54, 1.807) is 5.06 Å². The molecule has 2 rings (SSSR count). The lowest BCUT2D eigenvalue weighted by Crippen LogP contribution is -2.46. The van der Waals surface area contributed by atoms with Crippen LogP contribution in [0, 0.1) is 0 Å². The van der Waals surface area contributed by atoms with Gasteiger partial charge in [0, 0.05) is 6.42 Å². The average molecular weight is 209 g/mol. The molecule has 3 nitrogen and oxygen atoms in total. The Morgan fingerprint density at radius 2 is 2.40 bits per heavy atom. The van der Waals surface area contributed by atoms with Gasteiger partial charge in [-0.05, 0) is 19.3 Å². The molecule has 0 N–H and O–H groups in total. The fourth-order valence-electron chi connectivity index (χ4n) is 2.17. The number of piperidine rings is 1. The zero-order valence-corrected chi connectivity index (χ0v) is 9.32. The van der Waals surface area contributed by atoms with E-state index in [1.807, 2.05) is 0 Å². The maximum atomic E-state index is 11.6. The molecule has 0 aliphatic carbocycles. The molecule has 2 aliphatic rings. The van der Waals surface area contributed by atoms with Gasteiger partial charge in [-0.15, -0.1) is 0 Å². The van der Waals surface area contributed by atoms with E-state index < -0.39 is 0 Å². The highest BCUT2D eigenvalue weighted by Gasteiger charge is 2.31. The molecular formula is C12H19NO2. The number of hydrogen-bond donors (Lipinski definition) is 0. The summed E-state index contributed by atoms with van der Waals surface area (Å²) in [7, 11) is 0. The number of nitrogens with zero attached hydrogens (tertiary/aromatic N) is 1. The van der Waals surface area contributed by atoms with Gasteiger partial charge >= 0.3 is 0 Å². The number of hydrogen-bond acceptors (Lipinski definition) is 2. The third kappa shape index (κ3) is 2.40. The predicted octanol–water partition coefficient (Wildman–Crippen LogP) is 2.43. The van der Waals surface area contributed by atoms with Crippen molar-refractivity contribution in [3.05, 3.63) is 12.2 Å². The lowest BCUT2D eigenvalue weighted by Gasteiger charge is -2.37. The fourth-order valence-corrected chi connectivity index (χ4v) is 2.17. The Balaban J connectivity index is 1.96. The molecule has 0 bridgehead atoms. The van der Waals surface area contributed by atoms with Crippen molar-refractivity contribution in [1.29, 1.82) is 0 Å². The molecule has 0 aromatic rings. The highest BCUT2D eigenvalue weighted by Crippen LogP contribution is 2.25. The SMILES string of the molecule is CCCC[C@@H]1C=C[C@@H]2CCCC(=O)N2O1. The topological polar surface area (TPSA) is 29.5 Å². The van der Waals surface area contributed by atoms with E-state index in [0.29, 0.717) is 6.42 Å². The minimum atomic E-state index is 0.114. The summed E-state index contributed by atoms with van der Waals surface area (Å²) in [6.45, 7) is 2.17. The highest BCUT2D eigenvalue weighted by molar-refractivity contribution is 5.76. The first-order valence-electron chi connectivity index (χ1n) is 5.98. The van der Waals surface area contributed by atoms with Crippen molar-refractivity contribution in [1.82, 2.24) is 5.06 Å². The van der Waals surface area contributed by atoms with Crippen LogP contribution < -0.4 is 0 Å². The standard InChI is InChI=1S/C12H19NO2/c1-2-3-6-11-9-8-10-5-4-7-12(14)13(10)15-11/h8-11H,2-7H2,1H3/t10-,11+/m0/s1. The highest BCUT2D eigenvalue weighted by atomic mass is 16.7. The summed E-state index contributed by atoms with van der Waals surface area (Å²) >= 11 is 0. The molecule has 0 unspecified atom stereocenters. The van der Waals surface area contributed by atoms with Gasteiger partial charge in [-0.2, -0.15) is 0 Å². The smallest absolute Gasteiger partial charge is 0.246 e. The number of carbonyl (C=O) groups excluding carboxylic acids is 1. The van der Waals surface area contributed by atoms with Crippen molar-refractivity contribution in [2.75, 3.05) is 0 Å². The second-order valence-corrected chi connectivity index (χ2v) is 4.35. The normalized spacial score (nSPS) is 30.5. The molecule has 3 heteroatoms. The summed E-state index contributed by atoms with van der Waals surface area (Å²) in [4.78, 5) is 17.3. The molecule has 0 radical (unpaired) electrons. The number of fused-ring (bicyclic) bond motifs is 1. The second-order valence-electron chi connectivity index (χ2n) is 4.35. The van der Waals surface area contributed by atoms with Crippen LogP contribution >= 0.6 is 0 Å². The fraction of sp³-hybridized carbons (Fsp3) is 0.750.